The van der Waals surface area contributed by atoms with E-state index in [4.69, 9.17) is 5.11 Å². The zero-order valence-electron chi connectivity index (χ0n) is 19.2. The average Bonchev–Trinajstić information content (AvgIpc) is 2.67. The third-order valence-electron chi connectivity index (χ3n) is 5.65. The second-order valence-corrected chi connectivity index (χ2v) is 11.6. The molecule has 3 heteroatoms. The van der Waals surface area contributed by atoms with Gasteiger partial charge in [-0.25, -0.2) is 0 Å². The minimum absolute atomic E-state index is 0.0194. The van der Waals surface area contributed by atoms with Gasteiger partial charge in [0.05, 0.1) is 0 Å². The fraction of sp³-hybridized carbons (Fsp3) is 0.321. The second-order valence-electron chi connectivity index (χ2n) is 9.74. The number of carboxylic acid groups (broad SMARTS) is 1. The molecule has 2 nitrogen and oxygen atoms in total. The van der Waals surface area contributed by atoms with Crippen molar-refractivity contribution >= 4 is 31.0 Å². The van der Waals surface area contributed by atoms with Gasteiger partial charge in [-0.2, -0.15) is 0 Å². The number of benzene rings is 2. The SMILES string of the molecule is CC(C#C[Se]c1ccc2c(c1)C(C)(C)CC=C2c1ccc(C(C)(C)C)cc1)=CC(=O)O. The predicted octanol–water partition coefficient (Wildman–Crippen LogP) is 5.42. The third kappa shape index (κ3) is 5.59. The molecule has 0 aliphatic heterocycles. The number of aliphatic carboxylic acids is 1. The summed E-state index contributed by atoms with van der Waals surface area (Å²) in [6, 6.07) is 15.7. The Morgan fingerprint density at radius 3 is 2.42 bits per heavy atom. The van der Waals surface area contributed by atoms with Crippen molar-refractivity contribution in [1.82, 2.24) is 0 Å². The van der Waals surface area contributed by atoms with Crippen molar-refractivity contribution in [2.75, 3.05) is 0 Å². The molecule has 0 unspecified atom stereocenters. The normalized spacial score (nSPS) is 15.4. The molecule has 0 saturated heterocycles. The molecule has 0 spiro atoms. The molecule has 31 heavy (non-hydrogen) atoms. The molecule has 0 heterocycles. The van der Waals surface area contributed by atoms with E-state index in [1.807, 2.05) is 0 Å². The van der Waals surface area contributed by atoms with Gasteiger partial charge >= 0.3 is 193 Å². The Labute approximate surface area is 192 Å². The second kappa shape index (κ2) is 8.91. The summed E-state index contributed by atoms with van der Waals surface area (Å²) in [7, 11) is 0. The zero-order chi connectivity index (χ0) is 22.8. The molecule has 0 fully saturated rings. The van der Waals surface area contributed by atoms with Crippen LogP contribution in [0.25, 0.3) is 5.57 Å². The number of carboxylic acids is 1. The van der Waals surface area contributed by atoms with E-state index in [-0.39, 0.29) is 25.8 Å². The third-order valence-corrected chi connectivity index (χ3v) is 7.10. The maximum absolute atomic E-state index is 10.7. The summed E-state index contributed by atoms with van der Waals surface area (Å²) in [5, 5.41) is 8.82. The Hall–Kier alpha value is -2.53. The molecule has 0 aromatic heterocycles. The Balaban J connectivity index is 1.92. The van der Waals surface area contributed by atoms with E-state index in [0.717, 1.165) is 12.5 Å². The summed E-state index contributed by atoms with van der Waals surface area (Å²) < 4.78 is 1.22. The minimum atomic E-state index is -0.954. The first-order chi connectivity index (χ1) is 14.5. The van der Waals surface area contributed by atoms with Gasteiger partial charge in [-0.3, -0.25) is 0 Å². The topological polar surface area (TPSA) is 37.3 Å². The van der Waals surface area contributed by atoms with Gasteiger partial charge in [-0.15, -0.1) is 0 Å². The van der Waals surface area contributed by atoms with Crippen LogP contribution in [0.4, 0.5) is 0 Å². The first kappa shape index (κ1) is 23.1. The van der Waals surface area contributed by atoms with Crippen LogP contribution in [-0.4, -0.2) is 26.0 Å². The maximum atomic E-state index is 10.7. The van der Waals surface area contributed by atoms with E-state index >= 15 is 0 Å². The van der Waals surface area contributed by atoms with E-state index in [2.05, 4.69) is 93.9 Å². The van der Waals surface area contributed by atoms with Crippen molar-refractivity contribution < 1.29 is 9.90 Å². The molecule has 3 rings (SSSR count). The van der Waals surface area contributed by atoms with Gasteiger partial charge in [0.15, 0.2) is 0 Å². The van der Waals surface area contributed by atoms with Gasteiger partial charge in [0.25, 0.3) is 0 Å². The molecule has 0 saturated carbocycles. The van der Waals surface area contributed by atoms with Crippen LogP contribution >= 0.6 is 0 Å². The molecular weight excluding hydrogens is 447 g/mol. The summed E-state index contributed by atoms with van der Waals surface area (Å²) in [5.74, 6) is 2.01. The number of hydrogen-bond donors (Lipinski definition) is 1. The van der Waals surface area contributed by atoms with E-state index in [1.54, 1.807) is 6.92 Å². The first-order valence-electron chi connectivity index (χ1n) is 10.5. The van der Waals surface area contributed by atoms with Crippen molar-refractivity contribution in [1.29, 1.82) is 0 Å². The van der Waals surface area contributed by atoms with Crippen molar-refractivity contribution in [3.63, 3.8) is 0 Å². The van der Waals surface area contributed by atoms with Crippen LogP contribution in [0.3, 0.4) is 0 Å². The molecule has 160 valence electrons. The monoisotopic (exact) mass is 478 g/mol. The van der Waals surface area contributed by atoms with Gasteiger partial charge in [-0.05, 0) is 0 Å². The fourth-order valence-electron chi connectivity index (χ4n) is 3.77. The molecule has 0 bridgehead atoms. The van der Waals surface area contributed by atoms with Crippen LogP contribution in [0.5, 0.6) is 0 Å². The predicted molar refractivity (Wildman–Crippen MR) is 131 cm³/mol. The van der Waals surface area contributed by atoms with E-state index in [1.165, 1.54) is 32.3 Å². The number of fused-ring (bicyclic) bond motifs is 1. The first-order valence-corrected chi connectivity index (χ1v) is 12.2. The van der Waals surface area contributed by atoms with Gasteiger partial charge in [-0.1, -0.05) is 0 Å². The fourth-order valence-corrected chi connectivity index (χ4v) is 5.12. The molecule has 1 aliphatic rings. The molecule has 2 aromatic rings. The summed E-state index contributed by atoms with van der Waals surface area (Å²) in [5.41, 5.74) is 7.38. The molecule has 1 aliphatic carbocycles. The van der Waals surface area contributed by atoms with Gasteiger partial charge < -0.3 is 0 Å². The van der Waals surface area contributed by atoms with Crippen LogP contribution in [0.15, 0.2) is 60.2 Å². The van der Waals surface area contributed by atoms with E-state index < -0.39 is 5.97 Å². The summed E-state index contributed by atoms with van der Waals surface area (Å²) in [4.78, 5) is 13.9. The Morgan fingerprint density at radius 1 is 1.13 bits per heavy atom. The molecule has 0 amide bonds. The van der Waals surface area contributed by atoms with Crippen LogP contribution in [0, 0.1) is 10.7 Å². The Kier molecular flexibility index (Phi) is 6.65. The summed E-state index contributed by atoms with van der Waals surface area (Å²) in [6.45, 7) is 13.0. The quantitative estimate of drug-likeness (QED) is 0.364. The molecule has 2 aromatic carbocycles. The Bertz CT molecular complexity index is 1110. The van der Waals surface area contributed by atoms with Crippen molar-refractivity contribution in [2.24, 2.45) is 0 Å². The molecule has 1 N–H and O–H groups in total. The van der Waals surface area contributed by atoms with Crippen LogP contribution in [0.1, 0.15) is 70.2 Å². The molecule has 0 atom stereocenters. The van der Waals surface area contributed by atoms with Gasteiger partial charge in [0.1, 0.15) is 0 Å². The average molecular weight is 478 g/mol. The van der Waals surface area contributed by atoms with Crippen molar-refractivity contribution in [3.8, 4) is 10.7 Å². The molecular formula is C28H30O2Se. The van der Waals surface area contributed by atoms with E-state index in [9.17, 15) is 4.79 Å². The number of rotatable bonds is 3. The summed E-state index contributed by atoms with van der Waals surface area (Å²) in [6.07, 6.45) is 4.53. The van der Waals surface area contributed by atoms with Gasteiger partial charge in [0.2, 0.25) is 0 Å². The number of carbonyl (C=O) groups is 1. The van der Waals surface area contributed by atoms with Crippen LogP contribution in [-0.2, 0) is 15.6 Å². The van der Waals surface area contributed by atoms with Crippen LogP contribution in [0.2, 0.25) is 0 Å². The van der Waals surface area contributed by atoms with E-state index in [0.29, 0.717) is 5.57 Å². The summed E-state index contributed by atoms with van der Waals surface area (Å²) >= 11 is -0.0194. The standard InChI is InChI=1S/C28H30O2Se/c1-19(17-26(29)30)14-16-31-22-11-12-24-23(13-15-28(5,6)25(24)18-22)20-7-9-21(10-8-20)27(2,3)4/h7-13,17-18H,15H2,1-6H3,(H,29,30). The molecule has 0 radical (unpaired) electrons. The zero-order valence-corrected chi connectivity index (χ0v) is 20.9. The Morgan fingerprint density at radius 2 is 1.81 bits per heavy atom. The van der Waals surface area contributed by atoms with Crippen LogP contribution < -0.4 is 4.46 Å². The van der Waals surface area contributed by atoms with Crippen molar-refractivity contribution in [2.45, 2.75) is 58.8 Å². The number of allylic oxidation sites excluding steroid dienone is 2. The number of hydrogen-bond acceptors (Lipinski definition) is 1. The van der Waals surface area contributed by atoms with Crippen molar-refractivity contribution in [3.05, 3.63) is 82.4 Å². The van der Waals surface area contributed by atoms with Gasteiger partial charge in [0, 0.05) is 0 Å².